The van der Waals surface area contributed by atoms with Crippen molar-refractivity contribution in [2.24, 2.45) is 0 Å². The monoisotopic (exact) mass is 280 g/mol. The third-order valence-electron chi connectivity index (χ3n) is 2.96. The van der Waals surface area contributed by atoms with E-state index in [0.717, 1.165) is 5.56 Å². The highest BCUT2D eigenvalue weighted by atomic mass is 32.1. The maximum absolute atomic E-state index is 12.0. The fourth-order valence-corrected chi connectivity index (χ4v) is 8.36. The molecule has 0 fully saturated rings. The molecule has 4 heteroatoms. The van der Waals surface area contributed by atoms with Crippen LogP contribution in [0.5, 0.6) is 0 Å². The van der Waals surface area contributed by atoms with Crippen LogP contribution in [0.1, 0.15) is 15.9 Å². The maximum Gasteiger partial charge on any atom is 0.187 e. The van der Waals surface area contributed by atoms with Crippen molar-refractivity contribution in [2.75, 3.05) is 0 Å². The van der Waals surface area contributed by atoms with Gasteiger partial charge < -0.3 is 0 Å². The molecule has 0 radical (unpaired) electrons. The molecule has 0 aromatic carbocycles. The highest BCUT2D eigenvalue weighted by Crippen LogP contribution is 2.26. The highest BCUT2D eigenvalue weighted by Gasteiger charge is 2.35. The van der Waals surface area contributed by atoms with Gasteiger partial charge in [-0.2, -0.15) is 11.3 Å². The molecule has 0 N–H and O–H groups in total. The Morgan fingerprint density at radius 3 is 1.88 bits per heavy atom. The van der Waals surface area contributed by atoms with Gasteiger partial charge in [-0.1, -0.05) is 39.3 Å². The van der Waals surface area contributed by atoms with Crippen molar-refractivity contribution in [3.05, 3.63) is 17.2 Å². The molecule has 0 saturated carbocycles. The molecule has 0 unspecified atom stereocenters. The summed E-state index contributed by atoms with van der Waals surface area (Å²) < 4.78 is 2.91. The van der Waals surface area contributed by atoms with Gasteiger partial charge in [-0.05, 0) is 22.2 Å². The third kappa shape index (κ3) is 2.14. The number of allylic oxidation sites excluding steroid dienone is 1. The van der Waals surface area contributed by atoms with Crippen LogP contribution in [0, 0.1) is 0 Å². The van der Waals surface area contributed by atoms with Gasteiger partial charge in [0, 0.05) is 10.1 Å². The summed E-state index contributed by atoms with van der Waals surface area (Å²) in [6.07, 6.45) is 3.80. The zero-order chi connectivity index (χ0) is 13.0. The van der Waals surface area contributed by atoms with E-state index in [9.17, 15) is 4.79 Å². The first-order valence-corrected chi connectivity index (χ1v) is 13.8. The minimum absolute atomic E-state index is 0.234. The van der Waals surface area contributed by atoms with Gasteiger partial charge in [-0.3, -0.25) is 4.79 Å². The molecule has 1 aliphatic rings. The lowest BCUT2D eigenvalue weighted by Crippen LogP contribution is -2.39. The number of rotatable bonds is 2. The number of fused-ring (bicyclic) bond motifs is 1. The van der Waals surface area contributed by atoms with Crippen LogP contribution >= 0.6 is 11.3 Å². The molecule has 0 bridgehead atoms. The first-order valence-electron chi connectivity index (χ1n) is 6.02. The first-order chi connectivity index (χ1) is 7.62. The van der Waals surface area contributed by atoms with E-state index >= 15 is 0 Å². The lowest BCUT2D eigenvalue weighted by atomic mass is 10.2. The van der Waals surface area contributed by atoms with Crippen LogP contribution in [0.15, 0.2) is 6.08 Å². The lowest BCUT2D eigenvalue weighted by molar-refractivity contribution is 0.105. The molecule has 1 aliphatic carbocycles. The van der Waals surface area contributed by atoms with Gasteiger partial charge >= 0.3 is 0 Å². The van der Waals surface area contributed by atoms with Gasteiger partial charge in [0.25, 0.3) is 0 Å². The fourth-order valence-electron chi connectivity index (χ4n) is 2.18. The Labute approximate surface area is 110 Å². The van der Waals surface area contributed by atoms with Crippen LogP contribution in [0.3, 0.4) is 0 Å². The van der Waals surface area contributed by atoms with E-state index in [1.54, 1.807) is 6.08 Å². The molecule has 2 rings (SSSR count). The van der Waals surface area contributed by atoms with Crippen LogP contribution in [0.2, 0.25) is 39.3 Å². The first kappa shape index (κ1) is 13.0. The zero-order valence-electron chi connectivity index (χ0n) is 11.5. The average Bonchev–Trinajstić information content (AvgIpc) is 2.63. The molecular formula is C13H20OSSi2. The molecule has 0 spiro atoms. The number of carbonyl (C=O) groups excluding carboxylic acids is 1. The molecule has 0 amide bonds. The second-order valence-corrected chi connectivity index (χ2v) is 18.5. The summed E-state index contributed by atoms with van der Waals surface area (Å²) in [6, 6.07) is 0. The van der Waals surface area contributed by atoms with Crippen LogP contribution in [-0.4, -0.2) is 21.9 Å². The van der Waals surface area contributed by atoms with Gasteiger partial charge in [0.1, 0.15) is 0 Å². The second-order valence-electron chi connectivity index (χ2n) is 6.75. The number of hydrogen-bond donors (Lipinski definition) is 0. The number of carbonyl (C=O) groups is 1. The van der Waals surface area contributed by atoms with Crippen LogP contribution < -0.4 is 9.00 Å². The van der Waals surface area contributed by atoms with Crippen molar-refractivity contribution in [1.82, 2.24) is 0 Å². The summed E-state index contributed by atoms with van der Waals surface area (Å²) in [4.78, 5) is 12.0. The Hall–Kier alpha value is -0.456. The van der Waals surface area contributed by atoms with Gasteiger partial charge in [0.2, 0.25) is 0 Å². The molecule has 1 heterocycles. The van der Waals surface area contributed by atoms with Crippen molar-refractivity contribution in [1.29, 1.82) is 0 Å². The predicted molar refractivity (Wildman–Crippen MR) is 83.6 cm³/mol. The van der Waals surface area contributed by atoms with E-state index in [4.69, 9.17) is 0 Å². The quantitative estimate of drug-likeness (QED) is 0.761. The summed E-state index contributed by atoms with van der Waals surface area (Å²) in [5.41, 5.74) is 2.31. The zero-order valence-corrected chi connectivity index (χ0v) is 14.3. The minimum atomic E-state index is -1.41. The Morgan fingerprint density at radius 1 is 0.882 bits per heavy atom. The number of ketones is 1. The van der Waals surface area contributed by atoms with Crippen molar-refractivity contribution in [3.8, 4) is 0 Å². The normalized spacial score (nSPS) is 15.5. The molecule has 92 valence electrons. The van der Waals surface area contributed by atoms with Crippen molar-refractivity contribution in [3.63, 3.8) is 0 Å². The van der Waals surface area contributed by atoms with Gasteiger partial charge in [0.15, 0.2) is 5.78 Å². The highest BCUT2D eigenvalue weighted by molar-refractivity contribution is 7.36. The van der Waals surface area contributed by atoms with E-state index < -0.39 is 16.1 Å². The number of thiophene rings is 1. The Balaban J connectivity index is 2.72. The fraction of sp³-hybridized carbons (Fsp3) is 0.462. The summed E-state index contributed by atoms with van der Waals surface area (Å²) in [6.45, 7) is 14.1. The van der Waals surface area contributed by atoms with E-state index in [0.29, 0.717) is 0 Å². The summed E-state index contributed by atoms with van der Waals surface area (Å²) in [5.74, 6) is 0.234. The molecule has 17 heavy (non-hydrogen) atoms. The molecule has 0 atom stereocenters. The molecule has 1 aromatic rings. The van der Waals surface area contributed by atoms with Crippen molar-refractivity contribution < 1.29 is 4.79 Å². The Bertz CT molecular complexity index is 513. The van der Waals surface area contributed by atoms with Crippen molar-refractivity contribution >= 4 is 48.3 Å². The van der Waals surface area contributed by atoms with Crippen LogP contribution in [-0.2, 0) is 0 Å². The topological polar surface area (TPSA) is 17.1 Å². The molecule has 0 saturated heterocycles. The number of hydrogen-bond acceptors (Lipinski definition) is 2. The lowest BCUT2D eigenvalue weighted by Gasteiger charge is -2.16. The SMILES string of the molecule is C[Si](C)(C)c1sc([Si](C)(C)C)c2c1C=CC2=O. The third-order valence-corrected chi connectivity index (χ3v) is 11.3. The van der Waals surface area contributed by atoms with E-state index in [1.165, 1.54) is 14.6 Å². The predicted octanol–water partition coefficient (Wildman–Crippen LogP) is 3.05. The average molecular weight is 281 g/mol. The Morgan fingerprint density at radius 2 is 1.41 bits per heavy atom. The maximum atomic E-state index is 12.0. The molecule has 1 nitrogen and oxygen atoms in total. The second kappa shape index (κ2) is 3.77. The van der Waals surface area contributed by atoms with Crippen LogP contribution in [0.25, 0.3) is 6.08 Å². The Kier molecular flexibility index (Phi) is 2.88. The summed E-state index contributed by atoms with van der Waals surface area (Å²) >= 11 is 1.93. The molecular weight excluding hydrogens is 260 g/mol. The van der Waals surface area contributed by atoms with E-state index in [-0.39, 0.29) is 5.78 Å². The molecule has 0 aliphatic heterocycles. The minimum Gasteiger partial charge on any atom is -0.289 e. The van der Waals surface area contributed by atoms with E-state index in [1.807, 2.05) is 17.4 Å². The van der Waals surface area contributed by atoms with Gasteiger partial charge in [-0.25, -0.2) is 0 Å². The molecule has 1 aromatic heterocycles. The van der Waals surface area contributed by atoms with Gasteiger partial charge in [-0.15, -0.1) is 0 Å². The summed E-state index contributed by atoms with van der Waals surface area (Å²) in [5, 5.41) is 0. The smallest absolute Gasteiger partial charge is 0.187 e. The summed E-state index contributed by atoms with van der Waals surface area (Å²) in [7, 11) is -2.75. The van der Waals surface area contributed by atoms with Crippen LogP contribution in [0.4, 0.5) is 0 Å². The van der Waals surface area contributed by atoms with Crippen molar-refractivity contribution in [2.45, 2.75) is 39.3 Å². The largest absolute Gasteiger partial charge is 0.289 e. The van der Waals surface area contributed by atoms with Gasteiger partial charge in [0.05, 0.1) is 16.1 Å². The standard InChI is InChI=1S/C13H20OSSi2/c1-16(2,3)12-9-7-8-10(14)11(9)13(15-12)17(4,5)6/h7-8H,1-6H3. The van der Waals surface area contributed by atoms with E-state index in [2.05, 4.69) is 39.3 Å².